The van der Waals surface area contributed by atoms with Gasteiger partial charge in [0.15, 0.2) is 0 Å². The molecule has 18 heavy (non-hydrogen) atoms. The standard InChI is InChI=1S/C15H24O3/c1-14(2)6-12(13(18)7-14)15(3)5-4-11(15)10(8-16)9-17/h8,12-13,17-18H,4-7,9H2,1-3H3/b11-10+/t12-,13-,15-/m0/s1. The zero-order valence-electron chi connectivity index (χ0n) is 11.6. The van der Waals surface area contributed by atoms with Crippen LogP contribution >= 0.6 is 0 Å². The van der Waals surface area contributed by atoms with Crippen LogP contribution in [0.4, 0.5) is 0 Å². The zero-order chi connectivity index (χ0) is 13.6. The summed E-state index contributed by atoms with van der Waals surface area (Å²) in [4.78, 5) is 11.0. The first-order valence-electron chi connectivity index (χ1n) is 6.81. The van der Waals surface area contributed by atoms with E-state index >= 15 is 0 Å². The molecule has 102 valence electrons. The van der Waals surface area contributed by atoms with Gasteiger partial charge in [-0.1, -0.05) is 26.3 Å². The molecule has 0 unspecified atom stereocenters. The molecule has 3 heteroatoms. The first-order valence-corrected chi connectivity index (χ1v) is 6.81. The highest BCUT2D eigenvalue weighted by Gasteiger charge is 2.53. The van der Waals surface area contributed by atoms with Crippen LogP contribution in [-0.2, 0) is 4.79 Å². The summed E-state index contributed by atoms with van der Waals surface area (Å²) in [6.45, 7) is 6.34. The Morgan fingerprint density at radius 2 is 2.06 bits per heavy atom. The molecule has 0 aromatic carbocycles. The summed E-state index contributed by atoms with van der Waals surface area (Å²) in [6.07, 6.45) is 4.21. The molecular weight excluding hydrogens is 228 g/mol. The molecule has 0 aliphatic heterocycles. The number of aldehydes is 1. The number of aliphatic hydroxyl groups is 2. The van der Waals surface area contributed by atoms with Crippen LogP contribution in [0, 0.1) is 16.7 Å². The van der Waals surface area contributed by atoms with Crippen LogP contribution < -0.4 is 0 Å². The van der Waals surface area contributed by atoms with Crippen LogP contribution in [0.1, 0.15) is 46.5 Å². The van der Waals surface area contributed by atoms with Crippen molar-refractivity contribution < 1.29 is 15.0 Å². The van der Waals surface area contributed by atoms with Crippen molar-refractivity contribution in [2.75, 3.05) is 6.61 Å². The predicted octanol–water partition coefficient (Wildman–Crippen LogP) is 2.07. The molecule has 0 bridgehead atoms. The Labute approximate surface area is 109 Å². The summed E-state index contributed by atoms with van der Waals surface area (Å²) < 4.78 is 0. The highest BCUT2D eigenvalue weighted by atomic mass is 16.3. The quantitative estimate of drug-likeness (QED) is 0.597. The Morgan fingerprint density at radius 3 is 2.39 bits per heavy atom. The summed E-state index contributed by atoms with van der Waals surface area (Å²) in [5, 5.41) is 19.6. The molecule has 3 nitrogen and oxygen atoms in total. The molecule has 3 atom stereocenters. The van der Waals surface area contributed by atoms with E-state index in [2.05, 4.69) is 20.8 Å². The van der Waals surface area contributed by atoms with E-state index in [4.69, 9.17) is 0 Å². The second kappa shape index (κ2) is 4.46. The van der Waals surface area contributed by atoms with Gasteiger partial charge in [-0.2, -0.15) is 0 Å². The SMILES string of the molecule is CC1(C)C[C@H](O)[C@@H]([C@@]2(C)CC/C2=C(/C=O)CO)C1. The van der Waals surface area contributed by atoms with Gasteiger partial charge in [-0.25, -0.2) is 0 Å². The van der Waals surface area contributed by atoms with Gasteiger partial charge in [0.05, 0.1) is 12.7 Å². The Hall–Kier alpha value is -0.670. The van der Waals surface area contributed by atoms with Crippen LogP contribution in [0.3, 0.4) is 0 Å². The first-order chi connectivity index (χ1) is 8.34. The van der Waals surface area contributed by atoms with Crippen molar-refractivity contribution in [3.05, 3.63) is 11.1 Å². The Bertz CT molecular complexity index is 383. The molecule has 2 rings (SSSR count). The van der Waals surface area contributed by atoms with Gasteiger partial charge in [0, 0.05) is 5.57 Å². The molecule has 0 radical (unpaired) electrons. The van der Waals surface area contributed by atoms with Gasteiger partial charge < -0.3 is 10.2 Å². The molecule has 0 spiro atoms. The lowest BCUT2D eigenvalue weighted by atomic mass is 9.56. The molecular formula is C15H24O3. The van der Waals surface area contributed by atoms with Gasteiger partial charge >= 0.3 is 0 Å². The number of hydrogen-bond acceptors (Lipinski definition) is 3. The van der Waals surface area contributed by atoms with E-state index in [1.807, 2.05) is 0 Å². The maximum absolute atomic E-state index is 11.0. The highest BCUT2D eigenvalue weighted by Crippen LogP contribution is 2.59. The van der Waals surface area contributed by atoms with Gasteiger partial charge in [-0.3, -0.25) is 4.79 Å². The second-order valence-electron chi connectivity index (χ2n) is 6.94. The molecule has 0 aromatic rings. The van der Waals surface area contributed by atoms with Crippen molar-refractivity contribution in [1.29, 1.82) is 0 Å². The average Bonchev–Trinajstić information content (AvgIpc) is 2.57. The smallest absolute Gasteiger partial charge is 0.148 e. The van der Waals surface area contributed by atoms with E-state index in [1.165, 1.54) is 0 Å². The van der Waals surface area contributed by atoms with Crippen molar-refractivity contribution in [1.82, 2.24) is 0 Å². The third-order valence-electron chi connectivity index (χ3n) is 5.10. The molecule has 2 aliphatic rings. The first kappa shape index (κ1) is 13.8. The molecule has 2 N–H and O–H groups in total. The van der Waals surface area contributed by atoms with Crippen molar-refractivity contribution in [2.24, 2.45) is 16.7 Å². The van der Waals surface area contributed by atoms with E-state index < -0.39 is 0 Å². The Balaban J connectivity index is 2.28. The molecule has 2 fully saturated rings. The topological polar surface area (TPSA) is 57.5 Å². The monoisotopic (exact) mass is 252 g/mol. The Kier molecular flexibility index (Phi) is 3.41. The number of carbonyl (C=O) groups excluding carboxylic acids is 1. The minimum atomic E-state index is -0.285. The van der Waals surface area contributed by atoms with Crippen molar-refractivity contribution >= 4 is 6.29 Å². The minimum absolute atomic E-state index is 0.0911. The number of hydrogen-bond donors (Lipinski definition) is 2. The lowest BCUT2D eigenvalue weighted by Crippen LogP contribution is -2.42. The molecule has 0 heterocycles. The summed E-state index contributed by atoms with van der Waals surface area (Å²) in [6, 6.07) is 0. The van der Waals surface area contributed by atoms with Crippen molar-refractivity contribution in [2.45, 2.75) is 52.6 Å². The zero-order valence-corrected chi connectivity index (χ0v) is 11.6. The van der Waals surface area contributed by atoms with Crippen molar-refractivity contribution in [3.63, 3.8) is 0 Å². The van der Waals surface area contributed by atoms with E-state index in [9.17, 15) is 15.0 Å². The van der Waals surface area contributed by atoms with E-state index in [1.54, 1.807) is 0 Å². The van der Waals surface area contributed by atoms with Gasteiger partial charge in [0.25, 0.3) is 0 Å². The number of allylic oxidation sites excluding steroid dienone is 1. The minimum Gasteiger partial charge on any atom is -0.393 e. The lowest BCUT2D eigenvalue weighted by molar-refractivity contribution is -0.105. The van der Waals surface area contributed by atoms with Gasteiger partial charge in [-0.15, -0.1) is 0 Å². The summed E-state index contributed by atoms with van der Waals surface area (Å²) in [7, 11) is 0. The van der Waals surface area contributed by atoms with Crippen LogP contribution in [0.5, 0.6) is 0 Å². The van der Waals surface area contributed by atoms with Crippen LogP contribution in [0.2, 0.25) is 0 Å². The van der Waals surface area contributed by atoms with Gasteiger partial charge in [0.2, 0.25) is 0 Å². The largest absolute Gasteiger partial charge is 0.393 e. The van der Waals surface area contributed by atoms with Crippen LogP contribution in [0.25, 0.3) is 0 Å². The lowest BCUT2D eigenvalue weighted by Gasteiger charge is -2.49. The number of aliphatic hydroxyl groups excluding tert-OH is 2. The Morgan fingerprint density at radius 1 is 1.39 bits per heavy atom. The molecule has 2 saturated carbocycles. The average molecular weight is 252 g/mol. The molecule has 0 amide bonds. The van der Waals surface area contributed by atoms with Crippen LogP contribution in [-0.4, -0.2) is 29.2 Å². The maximum Gasteiger partial charge on any atom is 0.148 e. The predicted molar refractivity (Wildman–Crippen MR) is 70.0 cm³/mol. The van der Waals surface area contributed by atoms with Gasteiger partial charge in [-0.05, 0) is 42.4 Å². The fourth-order valence-corrected chi connectivity index (χ4v) is 3.96. The number of carbonyl (C=O) groups is 1. The van der Waals surface area contributed by atoms with Crippen LogP contribution in [0.15, 0.2) is 11.1 Å². The summed E-state index contributed by atoms with van der Waals surface area (Å²) in [5.74, 6) is 0.220. The molecule has 0 aromatic heterocycles. The third-order valence-corrected chi connectivity index (χ3v) is 5.10. The maximum atomic E-state index is 11.0. The number of rotatable bonds is 3. The fourth-order valence-electron chi connectivity index (χ4n) is 3.96. The summed E-state index contributed by atoms with van der Waals surface area (Å²) >= 11 is 0. The van der Waals surface area contributed by atoms with E-state index in [0.29, 0.717) is 5.57 Å². The molecule has 0 saturated heterocycles. The highest BCUT2D eigenvalue weighted by molar-refractivity contribution is 5.76. The van der Waals surface area contributed by atoms with E-state index in [-0.39, 0.29) is 29.5 Å². The van der Waals surface area contributed by atoms with Crippen molar-refractivity contribution in [3.8, 4) is 0 Å². The van der Waals surface area contributed by atoms with Gasteiger partial charge in [0.1, 0.15) is 6.29 Å². The fraction of sp³-hybridized carbons (Fsp3) is 0.800. The second-order valence-corrected chi connectivity index (χ2v) is 6.94. The summed E-state index contributed by atoms with van der Waals surface area (Å²) in [5.41, 5.74) is 1.68. The van der Waals surface area contributed by atoms with E-state index in [0.717, 1.165) is 37.5 Å². The third kappa shape index (κ3) is 2.04. The molecule has 2 aliphatic carbocycles. The normalized spacial score (nSPS) is 41.4.